The number of ether oxygens (including phenoxy) is 1. The summed E-state index contributed by atoms with van der Waals surface area (Å²) in [6.07, 6.45) is -1.21. The summed E-state index contributed by atoms with van der Waals surface area (Å²) in [5, 5.41) is 8.99. The van der Waals surface area contributed by atoms with Gasteiger partial charge in [-0.3, -0.25) is 9.59 Å². The quantitative estimate of drug-likeness (QED) is 0.488. The number of rotatable bonds is 8. The Morgan fingerprint density at radius 2 is 1.79 bits per heavy atom. The van der Waals surface area contributed by atoms with Crippen LogP contribution in [0.3, 0.4) is 0 Å². The van der Waals surface area contributed by atoms with Crippen LogP contribution in [0.5, 0.6) is 0 Å². The first-order chi connectivity index (χ1) is 13.0. The average Bonchev–Trinajstić information content (AvgIpc) is 3.15. The molecule has 0 spiro atoms. The van der Waals surface area contributed by atoms with Gasteiger partial charge in [-0.2, -0.15) is 4.72 Å². The Labute approximate surface area is 165 Å². The van der Waals surface area contributed by atoms with Gasteiger partial charge >= 0.3 is 5.97 Å². The molecule has 28 heavy (non-hydrogen) atoms. The van der Waals surface area contributed by atoms with Crippen LogP contribution in [-0.4, -0.2) is 41.4 Å². The van der Waals surface area contributed by atoms with Crippen LogP contribution in [0, 0.1) is 0 Å². The molecule has 1 unspecified atom stereocenters. The fourth-order valence-corrected chi connectivity index (χ4v) is 4.43. The summed E-state index contributed by atoms with van der Waals surface area (Å²) < 4.78 is 53.2. The highest BCUT2D eigenvalue weighted by atomic mass is 32.2. The second kappa shape index (κ2) is 8.79. The number of hydrogen-bond donors (Lipinski definition) is 3. The molecule has 10 nitrogen and oxygen atoms in total. The monoisotopic (exact) mass is 447 g/mol. The maximum absolute atomic E-state index is 12.0. The van der Waals surface area contributed by atoms with Gasteiger partial charge in [-0.25, -0.2) is 22.0 Å². The van der Waals surface area contributed by atoms with Gasteiger partial charge in [0, 0.05) is 5.69 Å². The topological polar surface area (TPSA) is 162 Å². The fourth-order valence-electron chi connectivity index (χ4n) is 1.91. The zero-order valence-electron chi connectivity index (χ0n) is 14.5. The molecule has 0 bridgehead atoms. The lowest BCUT2D eigenvalue weighted by molar-refractivity contribution is -0.151. The van der Waals surface area contributed by atoms with E-state index >= 15 is 0 Å². The van der Waals surface area contributed by atoms with Gasteiger partial charge < -0.3 is 10.1 Å². The molecule has 1 amide bonds. The molecule has 152 valence electrons. The van der Waals surface area contributed by atoms with Crippen molar-refractivity contribution in [2.75, 3.05) is 11.9 Å². The molecule has 2 aromatic rings. The van der Waals surface area contributed by atoms with Crippen molar-refractivity contribution in [2.24, 2.45) is 5.14 Å². The summed E-state index contributed by atoms with van der Waals surface area (Å²) in [6, 6.07) is 8.00. The van der Waals surface area contributed by atoms with Crippen molar-refractivity contribution < 1.29 is 31.2 Å². The van der Waals surface area contributed by atoms with Crippen molar-refractivity contribution in [1.82, 2.24) is 4.72 Å². The molecule has 4 N–H and O–H groups in total. The Bertz CT molecular complexity index is 1050. The number of primary sulfonamides is 1. The summed E-state index contributed by atoms with van der Waals surface area (Å²) in [5.41, 5.74) is 0.263. The fraction of sp³-hybridized carbons (Fsp3) is 0.200. The maximum Gasteiger partial charge on any atom is 0.321 e. The zero-order valence-corrected chi connectivity index (χ0v) is 16.9. The van der Waals surface area contributed by atoms with Gasteiger partial charge in [-0.15, -0.1) is 11.3 Å². The molecule has 1 heterocycles. The molecule has 13 heteroatoms. The minimum Gasteiger partial charge on any atom is -0.452 e. The average molecular weight is 448 g/mol. The van der Waals surface area contributed by atoms with E-state index in [1.54, 1.807) is 11.4 Å². The van der Waals surface area contributed by atoms with Crippen LogP contribution in [0.15, 0.2) is 50.9 Å². The summed E-state index contributed by atoms with van der Waals surface area (Å²) in [4.78, 5) is 23.7. The second-order valence-electron chi connectivity index (χ2n) is 5.45. The smallest absolute Gasteiger partial charge is 0.321 e. The number of amides is 1. The van der Waals surface area contributed by atoms with Crippen molar-refractivity contribution in [3.63, 3.8) is 0 Å². The van der Waals surface area contributed by atoms with Gasteiger partial charge in [-0.1, -0.05) is 6.07 Å². The van der Waals surface area contributed by atoms with E-state index in [0.29, 0.717) is 0 Å². The van der Waals surface area contributed by atoms with Gasteiger partial charge in [0.15, 0.2) is 6.10 Å². The minimum absolute atomic E-state index is 0.0500. The molecular weight excluding hydrogens is 430 g/mol. The standard InChI is InChI=1S/C15H17N3O7S3/c1-10(15(20)18-11-4-6-12(7-5-11)27(16,21)22)25-13(19)9-17-28(23,24)14-3-2-8-26-14/h2-8,10,17H,9H2,1H3,(H,18,20)(H2,16,21,22). The van der Waals surface area contributed by atoms with E-state index in [0.717, 1.165) is 11.3 Å². The van der Waals surface area contributed by atoms with Crippen LogP contribution in [-0.2, 0) is 34.4 Å². The van der Waals surface area contributed by atoms with Crippen LogP contribution in [0.1, 0.15) is 6.92 Å². The van der Waals surface area contributed by atoms with Crippen LogP contribution in [0.25, 0.3) is 0 Å². The molecule has 0 saturated heterocycles. The number of esters is 1. The molecule has 0 aliphatic carbocycles. The molecule has 0 radical (unpaired) electrons. The van der Waals surface area contributed by atoms with Crippen LogP contribution in [0.4, 0.5) is 5.69 Å². The first kappa shape index (κ1) is 22.0. The van der Waals surface area contributed by atoms with E-state index in [2.05, 4.69) is 10.0 Å². The van der Waals surface area contributed by atoms with Gasteiger partial charge in [0.05, 0.1) is 4.90 Å². The van der Waals surface area contributed by atoms with Crippen molar-refractivity contribution in [2.45, 2.75) is 22.1 Å². The summed E-state index contributed by atoms with van der Waals surface area (Å²) >= 11 is 0.992. The third-order valence-electron chi connectivity index (χ3n) is 3.29. The van der Waals surface area contributed by atoms with Crippen LogP contribution in [0.2, 0.25) is 0 Å². The highest BCUT2D eigenvalue weighted by Gasteiger charge is 2.21. The first-order valence-electron chi connectivity index (χ1n) is 7.65. The third kappa shape index (κ3) is 6.10. The maximum atomic E-state index is 12.0. The second-order valence-corrected chi connectivity index (χ2v) is 9.95. The van der Waals surface area contributed by atoms with Gasteiger partial charge in [0.25, 0.3) is 15.9 Å². The number of hydrogen-bond acceptors (Lipinski definition) is 8. The Morgan fingerprint density at radius 3 is 2.32 bits per heavy atom. The van der Waals surface area contributed by atoms with Crippen LogP contribution >= 0.6 is 11.3 Å². The summed E-state index contributed by atoms with van der Waals surface area (Å²) in [5.74, 6) is -1.62. The number of thiophene rings is 1. The predicted octanol–water partition coefficient (Wildman–Crippen LogP) is 0.244. The van der Waals surface area contributed by atoms with Gasteiger partial charge in [-0.05, 0) is 42.6 Å². The molecule has 0 aliphatic rings. The van der Waals surface area contributed by atoms with E-state index in [4.69, 9.17) is 9.88 Å². The van der Waals surface area contributed by atoms with E-state index in [-0.39, 0.29) is 14.8 Å². The lowest BCUT2D eigenvalue weighted by atomic mass is 10.3. The van der Waals surface area contributed by atoms with Crippen LogP contribution < -0.4 is 15.2 Å². The number of nitrogens with two attached hydrogens (primary N) is 1. The van der Waals surface area contributed by atoms with E-state index < -0.39 is 44.6 Å². The zero-order chi connectivity index (χ0) is 20.9. The SMILES string of the molecule is CC(OC(=O)CNS(=O)(=O)c1cccs1)C(=O)Nc1ccc(S(N)(=O)=O)cc1. The number of carbonyl (C=O) groups excluding carboxylic acids is 2. The Balaban J connectivity index is 1.87. The van der Waals surface area contributed by atoms with Crippen molar-refractivity contribution in [3.05, 3.63) is 41.8 Å². The van der Waals surface area contributed by atoms with Crippen molar-refractivity contribution in [1.29, 1.82) is 0 Å². The van der Waals surface area contributed by atoms with E-state index in [1.165, 1.54) is 37.3 Å². The molecule has 0 fully saturated rings. The summed E-state index contributed by atoms with van der Waals surface area (Å²) in [7, 11) is -7.68. The molecule has 0 aliphatic heterocycles. The van der Waals surface area contributed by atoms with Gasteiger partial charge in [0.2, 0.25) is 10.0 Å². The molecule has 2 rings (SSSR count). The highest BCUT2D eigenvalue weighted by Crippen LogP contribution is 2.15. The predicted molar refractivity (Wildman–Crippen MR) is 102 cm³/mol. The third-order valence-corrected chi connectivity index (χ3v) is 7.02. The van der Waals surface area contributed by atoms with Gasteiger partial charge in [0.1, 0.15) is 10.8 Å². The largest absolute Gasteiger partial charge is 0.452 e. The number of carbonyl (C=O) groups is 2. The Kier molecular flexibility index (Phi) is 6.90. The first-order valence-corrected chi connectivity index (χ1v) is 11.6. The Morgan fingerprint density at radius 1 is 1.14 bits per heavy atom. The lowest BCUT2D eigenvalue weighted by Crippen LogP contribution is -2.35. The number of anilines is 1. The summed E-state index contributed by atoms with van der Waals surface area (Å²) in [6.45, 7) is 0.667. The van der Waals surface area contributed by atoms with Crippen molar-refractivity contribution >= 4 is 48.9 Å². The highest BCUT2D eigenvalue weighted by molar-refractivity contribution is 7.91. The number of nitrogens with one attached hydrogen (secondary N) is 2. The Hall–Kier alpha value is -2.32. The molecule has 1 atom stereocenters. The molecular formula is C15H17N3O7S3. The molecule has 0 saturated carbocycles. The normalized spacial score (nSPS) is 12.9. The van der Waals surface area contributed by atoms with E-state index in [1.807, 2.05) is 0 Å². The minimum atomic E-state index is -3.85. The lowest BCUT2D eigenvalue weighted by Gasteiger charge is -2.14. The number of sulfonamides is 2. The van der Waals surface area contributed by atoms with Crippen molar-refractivity contribution in [3.8, 4) is 0 Å². The number of benzene rings is 1. The molecule has 1 aromatic heterocycles. The van der Waals surface area contributed by atoms with E-state index in [9.17, 15) is 26.4 Å². The molecule has 1 aromatic carbocycles.